The third-order valence-corrected chi connectivity index (χ3v) is 5.74. The van der Waals surface area contributed by atoms with Crippen molar-refractivity contribution >= 4 is 46.3 Å². The molecule has 1 aliphatic rings. The number of benzene rings is 2. The molecule has 1 saturated heterocycles. The summed E-state index contributed by atoms with van der Waals surface area (Å²) < 4.78 is 11.0. The molecule has 0 atom stereocenters. The van der Waals surface area contributed by atoms with Crippen molar-refractivity contribution < 1.29 is 19.1 Å². The Hall–Kier alpha value is -2.64. The van der Waals surface area contributed by atoms with Crippen molar-refractivity contribution in [2.45, 2.75) is 20.0 Å². The van der Waals surface area contributed by atoms with Crippen LogP contribution in [0, 0.1) is 6.92 Å². The molecule has 29 heavy (non-hydrogen) atoms. The maximum atomic E-state index is 12.7. The molecule has 2 aromatic rings. The zero-order valence-corrected chi connectivity index (χ0v) is 17.8. The fourth-order valence-electron chi connectivity index (χ4n) is 2.72. The van der Waals surface area contributed by atoms with Gasteiger partial charge in [-0.2, -0.15) is 0 Å². The largest absolute Gasteiger partial charge is 0.488 e. The number of hydrogen-bond acceptors (Lipinski definition) is 6. The number of thiocarbonyl (C=S) groups is 1. The SMILES string of the molecule is COC(=O)CCN1C(=O)/C(=C\c2ccccc2OCc2ccc(C)cc2)SC1=S. The van der Waals surface area contributed by atoms with E-state index in [1.165, 1.54) is 29.3 Å². The van der Waals surface area contributed by atoms with Crippen LogP contribution < -0.4 is 4.74 Å². The monoisotopic (exact) mass is 427 g/mol. The van der Waals surface area contributed by atoms with Gasteiger partial charge in [0.25, 0.3) is 5.91 Å². The third kappa shape index (κ3) is 5.46. The van der Waals surface area contributed by atoms with Crippen molar-refractivity contribution in [3.05, 3.63) is 70.1 Å². The summed E-state index contributed by atoms with van der Waals surface area (Å²) in [6.07, 6.45) is 1.88. The molecule has 7 heteroatoms. The van der Waals surface area contributed by atoms with Crippen LogP contribution in [0.5, 0.6) is 5.75 Å². The van der Waals surface area contributed by atoms with Gasteiger partial charge in [-0.3, -0.25) is 14.5 Å². The fraction of sp³-hybridized carbons (Fsp3) is 0.227. The molecule has 3 rings (SSSR count). The fourth-order valence-corrected chi connectivity index (χ4v) is 4.02. The predicted molar refractivity (Wildman–Crippen MR) is 118 cm³/mol. The molecular weight excluding hydrogens is 406 g/mol. The quantitative estimate of drug-likeness (QED) is 0.372. The smallest absolute Gasteiger partial charge is 0.307 e. The molecule has 0 saturated carbocycles. The van der Waals surface area contributed by atoms with Crippen LogP contribution in [0.3, 0.4) is 0 Å². The molecule has 1 aliphatic heterocycles. The number of rotatable bonds is 7. The Morgan fingerprint density at radius 1 is 1.17 bits per heavy atom. The van der Waals surface area contributed by atoms with Crippen molar-refractivity contribution in [2.75, 3.05) is 13.7 Å². The number of esters is 1. The molecule has 2 aromatic carbocycles. The lowest BCUT2D eigenvalue weighted by Crippen LogP contribution is -2.30. The lowest BCUT2D eigenvalue weighted by Gasteiger charge is -2.13. The summed E-state index contributed by atoms with van der Waals surface area (Å²) in [5, 5.41) is 0. The minimum atomic E-state index is -0.377. The van der Waals surface area contributed by atoms with E-state index in [2.05, 4.69) is 4.74 Å². The second kappa shape index (κ2) is 9.71. The maximum absolute atomic E-state index is 12.7. The Bertz CT molecular complexity index is 954. The van der Waals surface area contributed by atoms with Crippen molar-refractivity contribution in [3.63, 3.8) is 0 Å². The van der Waals surface area contributed by atoms with Crippen molar-refractivity contribution in [3.8, 4) is 5.75 Å². The summed E-state index contributed by atoms with van der Waals surface area (Å²) in [5.41, 5.74) is 3.07. The van der Waals surface area contributed by atoms with Crippen LogP contribution in [0.25, 0.3) is 6.08 Å². The third-order valence-electron chi connectivity index (χ3n) is 4.36. The molecule has 0 unspecified atom stereocenters. The van der Waals surface area contributed by atoms with E-state index < -0.39 is 0 Å². The zero-order chi connectivity index (χ0) is 20.8. The van der Waals surface area contributed by atoms with Crippen LogP contribution in [0.15, 0.2) is 53.4 Å². The summed E-state index contributed by atoms with van der Waals surface area (Å²) in [4.78, 5) is 26.0. The van der Waals surface area contributed by atoms with Crippen LogP contribution >= 0.6 is 24.0 Å². The summed E-state index contributed by atoms with van der Waals surface area (Å²) in [6, 6.07) is 15.7. The number of para-hydroxylation sites is 1. The maximum Gasteiger partial charge on any atom is 0.307 e. The summed E-state index contributed by atoms with van der Waals surface area (Å²) in [6.45, 7) is 2.69. The minimum Gasteiger partial charge on any atom is -0.488 e. The molecular formula is C22H21NO4S2. The zero-order valence-electron chi connectivity index (χ0n) is 16.2. The van der Waals surface area contributed by atoms with Crippen LogP contribution in [0.2, 0.25) is 0 Å². The minimum absolute atomic E-state index is 0.104. The van der Waals surface area contributed by atoms with Gasteiger partial charge in [-0.05, 0) is 24.6 Å². The Kier molecular flexibility index (Phi) is 7.06. The second-order valence-electron chi connectivity index (χ2n) is 6.47. The number of hydrogen-bond donors (Lipinski definition) is 0. The predicted octanol–water partition coefficient (Wildman–Crippen LogP) is 4.34. The molecule has 1 amide bonds. The molecule has 0 bridgehead atoms. The summed E-state index contributed by atoms with van der Waals surface area (Å²) >= 11 is 6.52. The highest BCUT2D eigenvalue weighted by Crippen LogP contribution is 2.34. The standard InChI is InChI=1S/C22H21NO4S2/c1-15-7-9-16(10-8-15)14-27-18-6-4-3-5-17(18)13-19-21(25)23(22(28)29-19)12-11-20(24)26-2/h3-10,13H,11-12,14H2,1-2H3/b19-13+. The van der Waals surface area contributed by atoms with E-state index in [1.807, 2.05) is 55.5 Å². The lowest BCUT2D eigenvalue weighted by atomic mass is 10.1. The molecule has 150 valence electrons. The molecule has 0 aliphatic carbocycles. The van der Waals surface area contributed by atoms with Gasteiger partial charge in [0.2, 0.25) is 0 Å². The number of nitrogens with zero attached hydrogens (tertiary/aromatic N) is 1. The molecule has 0 aromatic heterocycles. The number of aryl methyl sites for hydroxylation is 1. The number of ether oxygens (including phenoxy) is 2. The van der Waals surface area contributed by atoms with Gasteiger partial charge in [0.1, 0.15) is 16.7 Å². The van der Waals surface area contributed by atoms with Crippen molar-refractivity contribution in [1.82, 2.24) is 4.90 Å². The van der Waals surface area contributed by atoms with Crippen LogP contribution in [0.1, 0.15) is 23.1 Å². The lowest BCUT2D eigenvalue weighted by molar-refractivity contribution is -0.140. The van der Waals surface area contributed by atoms with Gasteiger partial charge in [-0.1, -0.05) is 72.0 Å². The van der Waals surface area contributed by atoms with Crippen LogP contribution in [0.4, 0.5) is 0 Å². The highest BCUT2D eigenvalue weighted by Gasteiger charge is 2.32. The van der Waals surface area contributed by atoms with Gasteiger partial charge < -0.3 is 9.47 Å². The molecule has 0 radical (unpaired) electrons. The van der Waals surface area contributed by atoms with E-state index in [-0.39, 0.29) is 24.8 Å². The van der Waals surface area contributed by atoms with E-state index in [0.29, 0.717) is 21.6 Å². The average molecular weight is 428 g/mol. The first kappa shape index (κ1) is 21.1. The number of thioether (sulfide) groups is 1. The Morgan fingerprint density at radius 2 is 1.90 bits per heavy atom. The Balaban J connectivity index is 1.73. The molecule has 1 heterocycles. The number of carbonyl (C=O) groups is 2. The highest BCUT2D eigenvalue weighted by molar-refractivity contribution is 8.26. The van der Waals surface area contributed by atoms with Crippen LogP contribution in [-0.2, 0) is 20.9 Å². The first-order valence-corrected chi connectivity index (χ1v) is 10.3. The van der Waals surface area contributed by atoms with Crippen molar-refractivity contribution in [1.29, 1.82) is 0 Å². The first-order valence-electron chi connectivity index (χ1n) is 9.07. The van der Waals surface area contributed by atoms with E-state index >= 15 is 0 Å². The molecule has 0 N–H and O–H groups in total. The summed E-state index contributed by atoms with van der Waals surface area (Å²) in [7, 11) is 1.32. The van der Waals surface area contributed by atoms with Crippen LogP contribution in [-0.4, -0.2) is 34.8 Å². The van der Waals surface area contributed by atoms with Gasteiger partial charge >= 0.3 is 5.97 Å². The van der Waals surface area contributed by atoms with Gasteiger partial charge in [0.15, 0.2) is 0 Å². The van der Waals surface area contributed by atoms with Gasteiger partial charge in [-0.25, -0.2) is 0 Å². The second-order valence-corrected chi connectivity index (χ2v) is 8.15. The number of methoxy groups -OCH3 is 1. The summed E-state index contributed by atoms with van der Waals surface area (Å²) in [5.74, 6) is 0.100. The molecule has 5 nitrogen and oxygen atoms in total. The van der Waals surface area contributed by atoms with E-state index in [9.17, 15) is 9.59 Å². The normalized spacial score (nSPS) is 15.1. The van der Waals surface area contributed by atoms with Gasteiger partial charge in [0, 0.05) is 12.1 Å². The van der Waals surface area contributed by atoms with E-state index in [4.69, 9.17) is 17.0 Å². The Labute approximate surface area is 179 Å². The van der Waals surface area contributed by atoms with Gasteiger partial charge in [-0.15, -0.1) is 0 Å². The number of carbonyl (C=O) groups excluding carboxylic acids is 2. The topological polar surface area (TPSA) is 55.8 Å². The first-order chi connectivity index (χ1) is 14.0. The molecule has 1 fully saturated rings. The average Bonchev–Trinajstić information content (AvgIpc) is 2.99. The van der Waals surface area contributed by atoms with E-state index in [0.717, 1.165) is 11.1 Å². The Morgan fingerprint density at radius 3 is 2.62 bits per heavy atom. The highest BCUT2D eigenvalue weighted by atomic mass is 32.2. The van der Waals surface area contributed by atoms with Crippen molar-refractivity contribution in [2.24, 2.45) is 0 Å². The van der Waals surface area contributed by atoms with E-state index in [1.54, 1.807) is 6.08 Å². The van der Waals surface area contributed by atoms with Gasteiger partial charge in [0.05, 0.1) is 18.4 Å². The molecule has 0 spiro atoms. The number of amides is 1.